The van der Waals surface area contributed by atoms with Gasteiger partial charge in [-0.15, -0.1) is 0 Å². The van der Waals surface area contributed by atoms with Gasteiger partial charge < -0.3 is 19.5 Å². The number of piperazine rings is 1. The molecule has 3 heterocycles. The first kappa shape index (κ1) is 24.3. The lowest BCUT2D eigenvalue weighted by atomic mass is 9.97. The van der Waals surface area contributed by atoms with E-state index in [1.807, 2.05) is 70.5 Å². The molecule has 5 rings (SSSR count). The molecule has 3 aromatic rings. The fourth-order valence-electron chi connectivity index (χ4n) is 5.23. The second kappa shape index (κ2) is 10.3. The largest absolute Gasteiger partial charge is 0.377 e. The van der Waals surface area contributed by atoms with Gasteiger partial charge in [0.05, 0.1) is 19.3 Å². The number of urea groups is 1. The summed E-state index contributed by atoms with van der Waals surface area (Å²) in [5.74, 6) is 0. The number of carbonyl (C=O) groups excluding carboxylic acids is 1. The molecule has 2 aliphatic heterocycles. The zero-order chi connectivity index (χ0) is 25.1. The van der Waals surface area contributed by atoms with E-state index in [0.29, 0.717) is 45.9 Å². The Morgan fingerprint density at radius 3 is 2.39 bits per heavy atom. The number of hydrogen-bond donors (Lipinski definition) is 1. The van der Waals surface area contributed by atoms with E-state index >= 15 is 0 Å². The minimum atomic E-state index is -0.271. The van der Waals surface area contributed by atoms with Crippen LogP contribution in [0.25, 0.3) is 11.3 Å². The molecule has 2 aromatic carbocycles. The quantitative estimate of drug-likeness (QED) is 0.602. The molecule has 188 valence electrons. The third-order valence-corrected chi connectivity index (χ3v) is 7.34. The smallest absolute Gasteiger partial charge is 0.320 e. The van der Waals surface area contributed by atoms with Crippen molar-refractivity contribution in [1.82, 2.24) is 19.7 Å². The van der Waals surface area contributed by atoms with E-state index in [4.69, 9.17) is 4.74 Å². The van der Waals surface area contributed by atoms with Crippen molar-refractivity contribution < 1.29 is 9.53 Å². The highest BCUT2D eigenvalue weighted by atomic mass is 16.5. The number of carbonyl (C=O) groups is 1. The summed E-state index contributed by atoms with van der Waals surface area (Å²) in [5, 5.41) is 0. The Labute approximate surface area is 212 Å². The number of benzene rings is 2. The van der Waals surface area contributed by atoms with Crippen LogP contribution in [0.4, 0.5) is 4.79 Å². The van der Waals surface area contributed by atoms with Crippen molar-refractivity contribution in [1.29, 1.82) is 0 Å². The number of rotatable bonds is 4. The summed E-state index contributed by atoms with van der Waals surface area (Å²) in [4.78, 5) is 35.8. The van der Waals surface area contributed by atoms with Crippen LogP contribution in [0.1, 0.15) is 31.0 Å². The molecule has 7 nitrogen and oxygen atoms in total. The molecule has 1 atom stereocenters. The number of pyridine rings is 1. The van der Waals surface area contributed by atoms with Crippen molar-refractivity contribution in [3.05, 3.63) is 94.3 Å². The van der Waals surface area contributed by atoms with Crippen LogP contribution in [0, 0.1) is 0 Å². The predicted molar refractivity (Wildman–Crippen MR) is 141 cm³/mol. The average molecular weight is 487 g/mol. The van der Waals surface area contributed by atoms with Crippen LogP contribution >= 0.6 is 0 Å². The van der Waals surface area contributed by atoms with Crippen molar-refractivity contribution in [3.8, 4) is 11.3 Å². The number of aromatic nitrogens is 1. The molecular weight excluding hydrogens is 452 g/mol. The first-order chi connectivity index (χ1) is 17.4. The molecule has 0 bridgehead atoms. The van der Waals surface area contributed by atoms with Crippen molar-refractivity contribution in [3.63, 3.8) is 0 Å². The fourth-order valence-corrected chi connectivity index (χ4v) is 5.23. The van der Waals surface area contributed by atoms with Gasteiger partial charge in [0.2, 0.25) is 0 Å². The number of nitrogens with zero attached hydrogens (tertiary/aromatic N) is 3. The van der Waals surface area contributed by atoms with Crippen LogP contribution in [0.2, 0.25) is 0 Å². The van der Waals surface area contributed by atoms with E-state index in [2.05, 4.69) is 35.9 Å². The van der Waals surface area contributed by atoms with Gasteiger partial charge in [0.15, 0.2) is 0 Å². The highest BCUT2D eigenvalue weighted by Gasteiger charge is 2.39. The molecule has 2 amide bonds. The number of amides is 2. The van der Waals surface area contributed by atoms with Crippen LogP contribution in [0.3, 0.4) is 0 Å². The molecule has 7 heteroatoms. The lowest BCUT2D eigenvalue weighted by Gasteiger charge is -2.49. The number of hydrogen-bond acceptors (Lipinski definition) is 4. The molecule has 2 fully saturated rings. The van der Waals surface area contributed by atoms with Crippen LogP contribution < -0.4 is 5.56 Å². The molecule has 0 spiro atoms. The number of morpholine rings is 1. The summed E-state index contributed by atoms with van der Waals surface area (Å²) < 4.78 is 5.72. The standard InChI is InChI=1S/C29H34N4O3/c1-29(2)21-31(28(35)33-17-18-36-20-26(33)23-11-7-4-8-12-23)15-16-32(29)19-24-13-14-25(30-27(24)34)22-9-5-3-6-10-22/h3-14,26H,15-21H2,1-2H3,(H,30,34)/t26-/m0/s1. The lowest BCUT2D eigenvalue weighted by Crippen LogP contribution is -2.62. The Hall–Kier alpha value is -3.42. The van der Waals surface area contributed by atoms with E-state index in [1.54, 1.807) is 0 Å². The van der Waals surface area contributed by atoms with Crippen molar-refractivity contribution in [2.75, 3.05) is 39.4 Å². The summed E-state index contributed by atoms with van der Waals surface area (Å²) in [6, 6.07) is 23.9. The number of aromatic amines is 1. The lowest BCUT2D eigenvalue weighted by molar-refractivity contribution is -0.0155. The van der Waals surface area contributed by atoms with Crippen molar-refractivity contribution in [2.24, 2.45) is 0 Å². The van der Waals surface area contributed by atoms with Crippen molar-refractivity contribution in [2.45, 2.75) is 32.0 Å². The van der Waals surface area contributed by atoms with Crippen LogP contribution in [0.5, 0.6) is 0 Å². The second-order valence-electron chi connectivity index (χ2n) is 10.2. The maximum atomic E-state index is 13.6. The van der Waals surface area contributed by atoms with Crippen LogP contribution in [0.15, 0.2) is 77.6 Å². The van der Waals surface area contributed by atoms with E-state index in [-0.39, 0.29) is 23.2 Å². The van der Waals surface area contributed by atoms with Gasteiger partial charge in [-0.05, 0) is 31.0 Å². The van der Waals surface area contributed by atoms with E-state index in [0.717, 1.165) is 22.4 Å². The molecule has 2 aliphatic rings. The first-order valence-electron chi connectivity index (χ1n) is 12.6. The first-order valence-corrected chi connectivity index (χ1v) is 12.6. The van der Waals surface area contributed by atoms with Gasteiger partial charge in [-0.1, -0.05) is 66.7 Å². The minimum Gasteiger partial charge on any atom is -0.377 e. The molecule has 1 N–H and O–H groups in total. The van der Waals surface area contributed by atoms with E-state index in [9.17, 15) is 9.59 Å². The molecule has 0 unspecified atom stereocenters. The highest BCUT2D eigenvalue weighted by molar-refractivity contribution is 5.75. The zero-order valence-corrected chi connectivity index (χ0v) is 21.0. The SMILES string of the molecule is CC1(C)CN(C(=O)N2CCOC[C@H]2c2ccccc2)CCN1Cc1ccc(-c2ccccc2)[nH]c1=O. The number of nitrogens with one attached hydrogen (secondary N) is 1. The molecular formula is C29H34N4O3. The Morgan fingerprint density at radius 2 is 1.69 bits per heavy atom. The van der Waals surface area contributed by atoms with Gasteiger partial charge >= 0.3 is 6.03 Å². The van der Waals surface area contributed by atoms with Crippen LogP contribution in [-0.2, 0) is 11.3 Å². The third-order valence-electron chi connectivity index (χ3n) is 7.34. The maximum absolute atomic E-state index is 13.6. The number of ether oxygens (including phenoxy) is 1. The third kappa shape index (κ3) is 5.08. The minimum absolute atomic E-state index is 0.0601. The highest BCUT2D eigenvalue weighted by Crippen LogP contribution is 2.28. The van der Waals surface area contributed by atoms with Gasteiger partial charge in [0.25, 0.3) is 5.56 Å². The van der Waals surface area contributed by atoms with E-state index in [1.165, 1.54) is 0 Å². The summed E-state index contributed by atoms with van der Waals surface area (Å²) in [6.07, 6.45) is 0. The van der Waals surface area contributed by atoms with Gasteiger partial charge in [-0.3, -0.25) is 9.69 Å². The molecule has 1 aromatic heterocycles. The second-order valence-corrected chi connectivity index (χ2v) is 10.2. The van der Waals surface area contributed by atoms with Gasteiger partial charge in [0.1, 0.15) is 0 Å². The normalized spacial score (nSPS) is 20.3. The van der Waals surface area contributed by atoms with Gasteiger partial charge in [-0.2, -0.15) is 0 Å². The summed E-state index contributed by atoms with van der Waals surface area (Å²) in [5.41, 5.74) is 3.31. The van der Waals surface area contributed by atoms with Gasteiger partial charge in [0, 0.05) is 49.5 Å². The number of H-pyrrole nitrogens is 1. The Bertz CT molecular complexity index is 1240. The Kier molecular flexibility index (Phi) is 6.94. The Morgan fingerprint density at radius 1 is 0.972 bits per heavy atom. The molecule has 0 radical (unpaired) electrons. The molecule has 36 heavy (non-hydrogen) atoms. The zero-order valence-electron chi connectivity index (χ0n) is 21.0. The summed E-state index contributed by atoms with van der Waals surface area (Å²) in [6.45, 7) is 8.43. The monoisotopic (exact) mass is 486 g/mol. The Balaban J connectivity index is 1.27. The maximum Gasteiger partial charge on any atom is 0.320 e. The fraction of sp³-hybridized carbons (Fsp3) is 0.379. The van der Waals surface area contributed by atoms with Gasteiger partial charge in [-0.25, -0.2) is 4.79 Å². The summed E-state index contributed by atoms with van der Waals surface area (Å²) >= 11 is 0. The average Bonchev–Trinajstić information content (AvgIpc) is 2.91. The topological polar surface area (TPSA) is 68.9 Å². The molecule has 0 saturated carbocycles. The van der Waals surface area contributed by atoms with Crippen molar-refractivity contribution >= 4 is 6.03 Å². The van der Waals surface area contributed by atoms with E-state index < -0.39 is 0 Å². The molecule has 2 saturated heterocycles. The molecule has 0 aliphatic carbocycles. The van der Waals surface area contributed by atoms with Crippen LogP contribution in [-0.4, -0.2) is 70.6 Å². The predicted octanol–water partition coefficient (Wildman–Crippen LogP) is 4.13. The summed E-state index contributed by atoms with van der Waals surface area (Å²) in [7, 11) is 0.